The molecule has 0 aromatic heterocycles. The zero-order valence-electron chi connectivity index (χ0n) is 17.4. The highest BCUT2D eigenvalue weighted by Crippen LogP contribution is 2.37. The van der Waals surface area contributed by atoms with Gasteiger partial charge in [0.25, 0.3) is 8.32 Å². The smallest absolute Gasteiger partial charge is 0.261 e. The van der Waals surface area contributed by atoms with Crippen molar-refractivity contribution in [3.63, 3.8) is 0 Å². The molecule has 1 aliphatic heterocycles. The van der Waals surface area contributed by atoms with Crippen molar-refractivity contribution < 1.29 is 13.9 Å². The average molecular weight is 397 g/mol. The van der Waals surface area contributed by atoms with E-state index in [-0.39, 0.29) is 17.4 Å². The number of hydrogen-bond acceptors (Lipinski definition) is 3. The van der Waals surface area contributed by atoms with E-state index in [1.807, 2.05) is 6.08 Å². The minimum absolute atomic E-state index is 0.00189. The van der Waals surface area contributed by atoms with Crippen molar-refractivity contribution in [1.82, 2.24) is 0 Å². The van der Waals surface area contributed by atoms with E-state index in [2.05, 4.69) is 87.5 Å². The summed E-state index contributed by atoms with van der Waals surface area (Å²) in [6, 6.07) is 21.5. The molecule has 0 N–H and O–H groups in total. The predicted molar refractivity (Wildman–Crippen MR) is 118 cm³/mol. The van der Waals surface area contributed by atoms with Gasteiger partial charge >= 0.3 is 0 Å². The second-order valence-corrected chi connectivity index (χ2v) is 12.6. The van der Waals surface area contributed by atoms with E-state index < -0.39 is 8.32 Å². The molecule has 3 rings (SSSR count). The predicted octanol–water partition coefficient (Wildman–Crippen LogP) is 4.27. The van der Waals surface area contributed by atoms with Gasteiger partial charge in [-0.2, -0.15) is 0 Å². The Labute approximate surface area is 170 Å². The Morgan fingerprint density at radius 1 is 0.964 bits per heavy atom. The van der Waals surface area contributed by atoms with E-state index in [0.717, 1.165) is 12.8 Å². The van der Waals surface area contributed by atoms with Gasteiger partial charge in [0.1, 0.15) is 0 Å². The van der Waals surface area contributed by atoms with E-state index >= 15 is 0 Å². The summed E-state index contributed by atoms with van der Waals surface area (Å²) >= 11 is 0. The quantitative estimate of drug-likeness (QED) is 0.517. The summed E-state index contributed by atoms with van der Waals surface area (Å²) in [5, 5.41) is 2.62. The van der Waals surface area contributed by atoms with E-state index in [0.29, 0.717) is 6.61 Å². The van der Waals surface area contributed by atoms with Crippen molar-refractivity contribution in [1.29, 1.82) is 0 Å². The Morgan fingerprint density at radius 2 is 1.54 bits per heavy atom. The molecule has 0 amide bonds. The lowest BCUT2D eigenvalue weighted by molar-refractivity contribution is -0.135. The van der Waals surface area contributed by atoms with Crippen LogP contribution in [0.4, 0.5) is 0 Å². The fourth-order valence-electron chi connectivity index (χ4n) is 4.06. The molecule has 0 fully saturated rings. The fourth-order valence-corrected chi connectivity index (χ4v) is 8.64. The maximum absolute atomic E-state index is 6.93. The van der Waals surface area contributed by atoms with E-state index in [1.165, 1.54) is 10.4 Å². The molecular formula is C24H32O3Si. The molecule has 0 aliphatic carbocycles. The molecule has 0 spiro atoms. The van der Waals surface area contributed by atoms with Gasteiger partial charge in [0, 0.05) is 13.7 Å². The SMILES string of the molecule is CO[C@@H]1C=CC[C@@H](CCO[Si](c2ccccc2)(c2ccccc2)C(C)(C)C)O1. The summed E-state index contributed by atoms with van der Waals surface area (Å²) in [6.45, 7) is 7.59. The Morgan fingerprint density at radius 3 is 2.04 bits per heavy atom. The lowest BCUT2D eigenvalue weighted by atomic mass is 10.1. The first-order valence-corrected chi connectivity index (χ1v) is 12.0. The monoisotopic (exact) mass is 396 g/mol. The highest BCUT2D eigenvalue weighted by atomic mass is 28.4. The van der Waals surface area contributed by atoms with Crippen LogP contribution in [-0.2, 0) is 13.9 Å². The first-order chi connectivity index (χ1) is 13.5. The summed E-state index contributed by atoms with van der Waals surface area (Å²) in [5.74, 6) is 0. The molecule has 3 nitrogen and oxygen atoms in total. The molecule has 0 saturated heterocycles. The maximum atomic E-state index is 6.93. The van der Waals surface area contributed by atoms with Crippen molar-refractivity contribution in [3.8, 4) is 0 Å². The van der Waals surface area contributed by atoms with Gasteiger partial charge in [-0.15, -0.1) is 0 Å². The highest BCUT2D eigenvalue weighted by molar-refractivity contribution is 6.99. The van der Waals surface area contributed by atoms with Gasteiger partial charge in [0.15, 0.2) is 6.29 Å². The third-order valence-corrected chi connectivity index (χ3v) is 10.5. The number of methoxy groups -OCH3 is 1. The second kappa shape index (κ2) is 9.18. The third-order valence-electron chi connectivity index (χ3n) is 5.43. The van der Waals surface area contributed by atoms with E-state index in [1.54, 1.807) is 7.11 Å². The van der Waals surface area contributed by atoms with Crippen molar-refractivity contribution in [3.05, 3.63) is 72.8 Å². The first-order valence-electron chi connectivity index (χ1n) is 10.1. The number of hydrogen-bond donors (Lipinski definition) is 0. The zero-order valence-corrected chi connectivity index (χ0v) is 18.4. The maximum Gasteiger partial charge on any atom is 0.261 e. The topological polar surface area (TPSA) is 27.7 Å². The standard InChI is InChI=1S/C24H32O3Si/c1-24(2,3)28(21-13-7-5-8-14-21,22-15-9-6-10-16-22)26-19-18-20-12-11-17-23(25-4)27-20/h5-11,13-17,20,23H,12,18-19H2,1-4H3/t20-,23-/m0/s1. The molecule has 2 atom stereocenters. The summed E-state index contributed by atoms with van der Waals surface area (Å²) in [6.07, 6.45) is 5.77. The molecule has 1 aliphatic rings. The molecule has 0 bridgehead atoms. The zero-order chi connectivity index (χ0) is 20.0. The first kappa shape index (κ1) is 21.0. The normalized spacial score (nSPS) is 20.3. The van der Waals surface area contributed by atoms with Crippen molar-refractivity contribution in [2.45, 2.75) is 51.0 Å². The summed E-state index contributed by atoms with van der Waals surface area (Å²) < 4.78 is 18.2. The molecule has 1 heterocycles. The lowest BCUT2D eigenvalue weighted by Crippen LogP contribution is -2.66. The Hall–Kier alpha value is -1.72. The molecule has 28 heavy (non-hydrogen) atoms. The van der Waals surface area contributed by atoms with Gasteiger partial charge in [-0.3, -0.25) is 0 Å². The van der Waals surface area contributed by atoms with Gasteiger partial charge in [-0.1, -0.05) is 87.5 Å². The van der Waals surface area contributed by atoms with Gasteiger partial charge in [0.2, 0.25) is 0 Å². The number of rotatable bonds is 7. The van der Waals surface area contributed by atoms with Crippen LogP contribution < -0.4 is 10.4 Å². The summed E-state index contributed by atoms with van der Waals surface area (Å²) in [5.41, 5.74) is 0. The van der Waals surface area contributed by atoms with Crippen molar-refractivity contribution in [2.75, 3.05) is 13.7 Å². The Bertz CT molecular complexity index is 713. The minimum atomic E-state index is -2.46. The van der Waals surface area contributed by atoms with Crippen LogP contribution in [0.1, 0.15) is 33.6 Å². The summed E-state index contributed by atoms with van der Waals surface area (Å²) in [7, 11) is -0.787. The molecule has 2 aromatic rings. The van der Waals surface area contributed by atoms with Gasteiger partial charge in [-0.25, -0.2) is 0 Å². The molecule has 2 aromatic carbocycles. The second-order valence-electron chi connectivity index (χ2n) is 8.33. The average Bonchev–Trinajstić information content (AvgIpc) is 2.72. The van der Waals surface area contributed by atoms with Crippen LogP contribution in [0.5, 0.6) is 0 Å². The van der Waals surface area contributed by atoms with Crippen LogP contribution in [0.3, 0.4) is 0 Å². The Kier molecular flexibility index (Phi) is 6.89. The van der Waals surface area contributed by atoms with Crippen LogP contribution in [0, 0.1) is 0 Å². The van der Waals surface area contributed by atoms with Crippen LogP contribution in [-0.4, -0.2) is 34.4 Å². The molecule has 0 saturated carbocycles. The molecule has 150 valence electrons. The van der Waals surface area contributed by atoms with Crippen LogP contribution in [0.25, 0.3) is 0 Å². The molecular weight excluding hydrogens is 364 g/mol. The number of ether oxygens (including phenoxy) is 2. The van der Waals surface area contributed by atoms with Gasteiger partial charge in [0.05, 0.1) is 6.10 Å². The van der Waals surface area contributed by atoms with E-state index in [4.69, 9.17) is 13.9 Å². The van der Waals surface area contributed by atoms with E-state index in [9.17, 15) is 0 Å². The van der Waals surface area contributed by atoms with Crippen molar-refractivity contribution >= 4 is 18.7 Å². The summed E-state index contributed by atoms with van der Waals surface area (Å²) in [4.78, 5) is 0. The molecule has 0 radical (unpaired) electrons. The van der Waals surface area contributed by atoms with Crippen molar-refractivity contribution in [2.24, 2.45) is 0 Å². The van der Waals surface area contributed by atoms with Crippen LogP contribution >= 0.6 is 0 Å². The van der Waals surface area contributed by atoms with Gasteiger partial charge < -0.3 is 13.9 Å². The largest absolute Gasteiger partial charge is 0.407 e. The highest BCUT2D eigenvalue weighted by Gasteiger charge is 2.50. The van der Waals surface area contributed by atoms with Crippen LogP contribution in [0.2, 0.25) is 5.04 Å². The molecule has 0 unspecified atom stereocenters. The fraction of sp³-hybridized carbons (Fsp3) is 0.417. The lowest BCUT2D eigenvalue weighted by Gasteiger charge is -2.43. The van der Waals surface area contributed by atoms with Gasteiger partial charge in [-0.05, 0) is 34.3 Å². The third kappa shape index (κ3) is 4.46. The molecule has 4 heteroatoms. The minimum Gasteiger partial charge on any atom is -0.407 e. The Balaban J connectivity index is 1.87. The van der Waals surface area contributed by atoms with Crippen LogP contribution in [0.15, 0.2) is 72.8 Å². The number of benzene rings is 2.